The Kier molecular flexibility index (Phi) is 12.9. The zero-order valence-electron chi connectivity index (χ0n) is 32.6. The molecule has 0 spiro atoms. The first kappa shape index (κ1) is 40.1. The zero-order valence-corrected chi connectivity index (χ0v) is 37.5. The largest absolute Gasteiger partial charge is 0.304 e. The van der Waals surface area contributed by atoms with Crippen molar-refractivity contribution in [2.24, 2.45) is 11.8 Å². The summed E-state index contributed by atoms with van der Waals surface area (Å²) in [6.45, 7) is 10.0. The van der Waals surface area contributed by atoms with Gasteiger partial charge in [0.2, 0.25) is 0 Å². The van der Waals surface area contributed by atoms with Gasteiger partial charge in [-0.05, 0) is 66.5 Å². The average molecular weight is 859 g/mol. The van der Waals surface area contributed by atoms with Gasteiger partial charge in [-0.3, -0.25) is 9.59 Å². The minimum absolute atomic E-state index is 0.0812. The van der Waals surface area contributed by atoms with Crippen LogP contribution >= 0.6 is 68.9 Å². The van der Waals surface area contributed by atoms with Crippen molar-refractivity contribution in [1.29, 1.82) is 0 Å². The van der Waals surface area contributed by atoms with Gasteiger partial charge in [0.25, 0.3) is 11.8 Å². The molecule has 0 bridgehead atoms. The van der Waals surface area contributed by atoms with E-state index in [1.165, 1.54) is 14.7 Å². The van der Waals surface area contributed by atoms with Crippen molar-refractivity contribution in [1.82, 2.24) is 19.8 Å². The predicted octanol–water partition coefficient (Wildman–Crippen LogP) is 13.2. The number of carbonyl (C=O) groups excluding carboxylic acids is 2. The summed E-state index contributed by atoms with van der Waals surface area (Å²) in [5, 5.41) is 7.00. The Hall–Kier alpha value is -2.74. The average Bonchev–Trinajstić information content (AvgIpc) is 4.06. The van der Waals surface area contributed by atoms with Gasteiger partial charge in [-0.2, -0.15) is 0 Å². The molecule has 56 heavy (non-hydrogen) atoms. The van der Waals surface area contributed by atoms with Crippen LogP contribution in [0.25, 0.3) is 35.8 Å². The van der Waals surface area contributed by atoms with E-state index in [1.54, 1.807) is 45.3 Å². The molecule has 8 heterocycles. The molecule has 4 aromatic heterocycles. The van der Waals surface area contributed by atoms with E-state index in [9.17, 15) is 0 Å². The fourth-order valence-electron chi connectivity index (χ4n) is 8.07. The molecule has 12 heteroatoms. The number of thioether (sulfide) groups is 2. The summed E-state index contributed by atoms with van der Waals surface area (Å²) in [7, 11) is 0. The van der Waals surface area contributed by atoms with Gasteiger partial charge < -0.3 is 9.80 Å². The number of hydrogen-bond acceptors (Lipinski definition) is 10. The smallest absolute Gasteiger partial charge is 0.261 e. The molecular weight excluding hydrogens is 809 g/mol. The highest BCUT2D eigenvalue weighted by molar-refractivity contribution is 8.11. The predicted molar refractivity (Wildman–Crippen MR) is 244 cm³/mol. The highest BCUT2D eigenvalue weighted by Crippen LogP contribution is 2.52. The molecule has 4 aliphatic rings. The normalized spacial score (nSPS) is 20.7. The number of thiophene rings is 2. The molecule has 0 radical (unpaired) electrons. The summed E-state index contributed by atoms with van der Waals surface area (Å²) in [6.07, 6.45) is 19.2. The number of fused-ring (bicyclic) bond motifs is 1. The van der Waals surface area contributed by atoms with E-state index in [4.69, 9.17) is 9.97 Å². The van der Waals surface area contributed by atoms with Crippen molar-refractivity contribution < 1.29 is 9.59 Å². The van der Waals surface area contributed by atoms with E-state index >= 15 is 9.59 Å². The molecule has 4 unspecified atom stereocenters. The molecular formula is C44H50N4O2S6. The molecule has 0 saturated carbocycles. The van der Waals surface area contributed by atoms with Crippen LogP contribution in [0.1, 0.15) is 107 Å². The molecule has 0 saturated heterocycles. The number of amides is 2. The molecule has 8 rings (SSSR count). The third-order valence-corrected chi connectivity index (χ3v) is 18.7. The van der Waals surface area contributed by atoms with Gasteiger partial charge in [0, 0.05) is 55.5 Å². The van der Waals surface area contributed by atoms with Crippen LogP contribution in [-0.4, -0.2) is 55.2 Å². The van der Waals surface area contributed by atoms with E-state index in [2.05, 4.69) is 74.9 Å². The maximum atomic E-state index is 15.1. The summed E-state index contributed by atoms with van der Waals surface area (Å²) in [5.74, 6) is 0.492. The quantitative estimate of drug-likeness (QED) is 0.0993. The summed E-state index contributed by atoms with van der Waals surface area (Å²) in [6, 6.07) is 8.59. The van der Waals surface area contributed by atoms with Crippen LogP contribution in [0.2, 0.25) is 0 Å². The van der Waals surface area contributed by atoms with E-state index in [1.807, 2.05) is 45.7 Å². The number of unbranched alkanes of at least 4 members (excludes halogenated alkanes) is 2. The molecule has 0 N–H and O–H groups in total. The lowest BCUT2D eigenvalue weighted by Gasteiger charge is -2.28. The fourth-order valence-corrected chi connectivity index (χ4v) is 14.6. The number of nitrogens with zero attached hydrogens (tertiary/aromatic N) is 4. The summed E-state index contributed by atoms with van der Waals surface area (Å²) in [5.41, 5.74) is 2.43. The maximum absolute atomic E-state index is 15.1. The fraction of sp³-hybridized carbons (Fsp3) is 0.455. The highest BCUT2D eigenvalue weighted by atomic mass is 32.2. The van der Waals surface area contributed by atoms with Crippen molar-refractivity contribution in [3.05, 3.63) is 85.6 Å². The Bertz CT molecular complexity index is 2160. The van der Waals surface area contributed by atoms with Gasteiger partial charge in [-0.15, -0.1) is 68.9 Å². The summed E-state index contributed by atoms with van der Waals surface area (Å²) >= 11 is 10.6. The zero-order chi connectivity index (χ0) is 38.8. The van der Waals surface area contributed by atoms with Crippen molar-refractivity contribution in [3.8, 4) is 19.5 Å². The Morgan fingerprint density at radius 2 is 1.32 bits per heavy atom. The third kappa shape index (κ3) is 8.00. The van der Waals surface area contributed by atoms with Crippen molar-refractivity contribution in [2.45, 2.75) is 102 Å². The lowest BCUT2D eigenvalue weighted by molar-refractivity contribution is -0.124. The Balaban J connectivity index is 1.21. The van der Waals surface area contributed by atoms with Gasteiger partial charge in [0.05, 0.1) is 32.3 Å². The molecule has 294 valence electrons. The third-order valence-electron chi connectivity index (χ3n) is 11.4. The summed E-state index contributed by atoms with van der Waals surface area (Å²) < 4.78 is 0. The first-order valence-electron chi connectivity index (χ1n) is 20.3. The minimum Gasteiger partial charge on any atom is -0.304 e. The first-order chi connectivity index (χ1) is 27.4. The molecule has 2 amide bonds. The molecule has 0 aromatic carbocycles. The van der Waals surface area contributed by atoms with E-state index in [0.29, 0.717) is 58.0 Å². The lowest BCUT2D eigenvalue weighted by atomic mass is 9.98. The Labute approximate surface area is 356 Å². The van der Waals surface area contributed by atoms with Crippen LogP contribution in [-0.2, 0) is 9.59 Å². The number of allylic oxidation sites excluding steroid dienone is 2. The second-order valence-electron chi connectivity index (χ2n) is 15.1. The maximum Gasteiger partial charge on any atom is 0.261 e. The van der Waals surface area contributed by atoms with Crippen LogP contribution < -0.4 is 0 Å². The Morgan fingerprint density at radius 1 is 0.714 bits per heavy atom. The monoisotopic (exact) mass is 858 g/mol. The van der Waals surface area contributed by atoms with Crippen LogP contribution in [0.4, 0.5) is 0 Å². The number of carbonyl (C=O) groups is 2. The standard InChI is InChI=1S/C44H50N4O2S6/c1-5-9-13-27(7-3)25-47-39(41-45-23-35(55-41)33-19-17-31(53-33)29-15-11-21-51-29)37-38(43(47)49)40(48(44(37)50)26-28(8-4)14-10-6-2)42-46-24-36(56-42)34-20-18-32(54-34)30-16-12-22-52-30/h11-12,15,17,19-24,27-28,30,32H,5-10,13-14,16,18,25-26H2,1-4H3. The molecule has 4 atom stereocenters. The van der Waals surface area contributed by atoms with E-state index in [-0.39, 0.29) is 11.8 Å². The molecule has 6 nitrogen and oxygen atoms in total. The highest BCUT2D eigenvalue weighted by Gasteiger charge is 2.51. The lowest BCUT2D eigenvalue weighted by Crippen LogP contribution is -2.34. The van der Waals surface area contributed by atoms with Crippen LogP contribution in [0, 0.1) is 11.8 Å². The second kappa shape index (κ2) is 18.0. The van der Waals surface area contributed by atoms with Crippen LogP contribution in [0.15, 0.2) is 70.7 Å². The number of thiazole rings is 2. The number of rotatable bonds is 18. The molecule has 0 aliphatic carbocycles. The number of hydrogen-bond donors (Lipinski definition) is 0. The van der Waals surface area contributed by atoms with E-state index in [0.717, 1.165) is 88.9 Å². The van der Waals surface area contributed by atoms with Gasteiger partial charge in [0.15, 0.2) is 0 Å². The second-order valence-corrected chi connectivity index (χ2v) is 21.6. The number of aromatic nitrogens is 2. The van der Waals surface area contributed by atoms with Gasteiger partial charge in [0.1, 0.15) is 10.0 Å². The summed E-state index contributed by atoms with van der Waals surface area (Å²) in [4.78, 5) is 51.3. The SMILES string of the molecule is CCCCC(CC)CN1C(=O)C2=C(c3ncc(-c4ccc(-c5cccs5)s4)s3)N(CC(CC)CCCC)C(=O)C2=C1c1ncc(C2=CCC(C3CC=CS3)S2)s1. The first-order valence-corrected chi connectivity index (χ1v) is 25.4. The van der Waals surface area contributed by atoms with Crippen molar-refractivity contribution >= 4 is 97.0 Å². The van der Waals surface area contributed by atoms with Gasteiger partial charge in [-0.25, -0.2) is 9.97 Å². The van der Waals surface area contributed by atoms with Crippen LogP contribution in [0.5, 0.6) is 0 Å². The van der Waals surface area contributed by atoms with E-state index < -0.39 is 0 Å². The van der Waals surface area contributed by atoms with Crippen molar-refractivity contribution in [3.63, 3.8) is 0 Å². The molecule has 4 aliphatic heterocycles. The molecule has 4 aromatic rings. The topological polar surface area (TPSA) is 66.4 Å². The van der Waals surface area contributed by atoms with Crippen LogP contribution in [0.3, 0.4) is 0 Å². The van der Waals surface area contributed by atoms with Gasteiger partial charge >= 0.3 is 0 Å². The molecule has 0 fully saturated rings. The van der Waals surface area contributed by atoms with Crippen molar-refractivity contribution in [2.75, 3.05) is 13.1 Å². The van der Waals surface area contributed by atoms with Gasteiger partial charge in [-0.1, -0.05) is 84.4 Å². The Morgan fingerprint density at radius 3 is 1.88 bits per heavy atom. The minimum atomic E-state index is -0.0812.